The van der Waals surface area contributed by atoms with Crippen LogP contribution in [-0.4, -0.2) is 48.0 Å². The molecule has 26 heavy (non-hydrogen) atoms. The maximum Gasteiger partial charge on any atom is 0.390 e. The van der Waals surface area contributed by atoms with Gasteiger partial charge in [0.05, 0.1) is 20.1 Å². The number of halogens is 4. The minimum Gasteiger partial charge on any atom is -0.497 e. The lowest BCUT2D eigenvalue weighted by atomic mass is 10.2. The Hall–Kier alpha value is -2.05. The Balaban J connectivity index is 0.00000338. The van der Waals surface area contributed by atoms with Crippen molar-refractivity contribution in [3.8, 4) is 17.1 Å². The summed E-state index contributed by atoms with van der Waals surface area (Å²) in [6.45, 7) is -0.00841. The fourth-order valence-electron chi connectivity index (χ4n) is 1.95. The Kier molecular flexibility index (Phi) is 8.61. The van der Waals surface area contributed by atoms with Gasteiger partial charge in [0.1, 0.15) is 11.6 Å². The molecular weight excluding hydrogens is 464 g/mol. The second-order valence-corrected chi connectivity index (χ2v) is 5.05. The van der Waals surface area contributed by atoms with E-state index in [1.54, 1.807) is 19.2 Å². The Bertz CT molecular complexity index is 702. The third kappa shape index (κ3) is 7.06. The minimum atomic E-state index is -4.20. The van der Waals surface area contributed by atoms with E-state index in [4.69, 9.17) is 4.74 Å². The highest BCUT2D eigenvalue weighted by molar-refractivity contribution is 14.0. The molecule has 0 aliphatic carbocycles. The fraction of sp³-hybridized carbons (Fsp3) is 0.400. The second-order valence-electron chi connectivity index (χ2n) is 5.05. The predicted molar refractivity (Wildman–Crippen MR) is 103 cm³/mol. The molecule has 0 unspecified atom stereocenters. The molecular formula is C15H20F3IN6O. The van der Waals surface area contributed by atoms with Crippen LogP contribution in [0.2, 0.25) is 0 Å². The van der Waals surface area contributed by atoms with E-state index in [9.17, 15) is 13.2 Å². The van der Waals surface area contributed by atoms with Crippen LogP contribution in [-0.2, 0) is 6.54 Å². The summed E-state index contributed by atoms with van der Waals surface area (Å²) in [5, 5.41) is 12.4. The zero-order valence-electron chi connectivity index (χ0n) is 14.2. The summed E-state index contributed by atoms with van der Waals surface area (Å²) in [7, 11) is 3.06. The van der Waals surface area contributed by atoms with Gasteiger partial charge in [-0.2, -0.15) is 18.3 Å². The zero-order valence-corrected chi connectivity index (χ0v) is 16.6. The van der Waals surface area contributed by atoms with Crippen LogP contribution in [0.4, 0.5) is 13.2 Å². The summed E-state index contributed by atoms with van der Waals surface area (Å²) in [4.78, 5) is 8.19. The number of alkyl halides is 3. The molecule has 3 N–H and O–H groups in total. The number of ether oxygens (including phenoxy) is 1. The molecule has 144 valence electrons. The van der Waals surface area contributed by atoms with Gasteiger partial charge in [0.2, 0.25) is 0 Å². The molecule has 1 aromatic heterocycles. The first-order chi connectivity index (χ1) is 11.9. The number of aromatic amines is 1. The maximum absolute atomic E-state index is 12.1. The number of guanidine groups is 1. The van der Waals surface area contributed by atoms with Gasteiger partial charge >= 0.3 is 6.18 Å². The van der Waals surface area contributed by atoms with E-state index in [2.05, 4.69) is 30.8 Å². The molecule has 11 heteroatoms. The number of hydrogen-bond donors (Lipinski definition) is 3. The Morgan fingerprint density at radius 1 is 1.23 bits per heavy atom. The number of H-pyrrole nitrogens is 1. The van der Waals surface area contributed by atoms with Crippen LogP contribution < -0.4 is 15.4 Å². The van der Waals surface area contributed by atoms with Crippen molar-refractivity contribution in [3.63, 3.8) is 0 Å². The Labute approximate surface area is 165 Å². The molecule has 0 amide bonds. The van der Waals surface area contributed by atoms with Crippen LogP contribution in [0.1, 0.15) is 12.2 Å². The quantitative estimate of drug-likeness (QED) is 0.334. The average molecular weight is 484 g/mol. The standard InChI is InChI=1S/C15H19F3N6O.HI/c1-19-14(20-8-7-15(16,17)18)21-9-12-22-13(24-23-12)10-3-5-11(25-2)6-4-10;/h3-6H,7-9H2,1-2H3,(H2,19,20,21)(H,22,23,24);1H. The molecule has 0 spiro atoms. The molecule has 0 atom stereocenters. The summed E-state index contributed by atoms with van der Waals surface area (Å²) in [5.74, 6) is 2.03. The van der Waals surface area contributed by atoms with E-state index in [0.29, 0.717) is 11.6 Å². The third-order valence-corrected chi connectivity index (χ3v) is 3.23. The van der Waals surface area contributed by atoms with Crippen LogP contribution in [0.3, 0.4) is 0 Å². The lowest BCUT2D eigenvalue weighted by Crippen LogP contribution is -2.38. The Morgan fingerprint density at radius 3 is 2.50 bits per heavy atom. The number of nitrogens with zero attached hydrogens (tertiary/aromatic N) is 3. The van der Waals surface area contributed by atoms with Gasteiger partial charge in [-0.25, -0.2) is 4.98 Å². The van der Waals surface area contributed by atoms with Crippen LogP contribution in [0, 0.1) is 0 Å². The van der Waals surface area contributed by atoms with Crippen molar-refractivity contribution in [2.75, 3.05) is 20.7 Å². The van der Waals surface area contributed by atoms with Crippen LogP contribution in [0.5, 0.6) is 5.75 Å². The van der Waals surface area contributed by atoms with Gasteiger partial charge in [-0.15, -0.1) is 24.0 Å². The van der Waals surface area contributed by atoms with Crippen LogP contribution >= 0.6 is 24.0 Å². The molecule has 2 rings (SSSR count). The van der Waals surface area contributed by atoms with E-state index in [1.165, 1.54) is 7.05 Å². The first-order valence-corrected chi connectivity index (χ1v) is 7.48. The van der Waals surface area contributed by atoms with Gasteiger partial charge in [-0.05, 0) is 24.3 Å². The zero-order chi connectivity index (χ0) is 18.3. The number of nitrogens with one attached hydrogen (secondary N) is 3. The molecule has 1 heterocycles. The molecule has 1 aromatic carbocycles. The molecule has 0 fully saturated rings. The summed E-state index contributed by atoms with van der Waals surface area (Å²) in [6, 6.07) is 7.26. The van der Waals surface area contributed by atoms with Crippen molar-refractivity contribution in [1.29, 1.82) is 0 Å². The topological polar surface area (TPSA) is 87.2 Å². The van der Waals surface area contributed by atoms with Crippen molar-refractivity contribution < 1.29 is 17.9 Å². The van der Waals surface area contributed by atoms with Crippen molar-refractivity contribution >= 4 is 29.9 Å². The molecule has 7 nitrogen and oxygen atoms in total. The number of aromatic nitrogens is 3. The van der Waals surface area contributed by atoms with Gasteiger partial charge in [0.25, 0.3) is 0 Å². The van der Waals surface area contributed by atoms with Gasteiger partial charge in [0.15, 0.2) is 11.8 Å². The van der Waals surface area contributed by atoms with E-state index >= 15 is 0 Å². The molecule has 0 aliphatic heterocycles. The summed E-state index contributed by atoms with van der Waals surface area (Å²) in [6.07, 6.45) is -5.14. The van der Waals surface area contributed by atoms with E-state index < -0.39 is 12.6 Å². The van der Waals surface area contributed by atoms with Gasteiger partial charge < -0.3 is 15.4 Å². The second kappa shape index (κ2) is 10.2. The number of rotatable bonds is 6. The highest BCUT2D eigenvalue weighted by Crippen LogP contribution is 2.19. The number of aliphatic imine (C=N–C) groups is 1. The minimum absolute atomic E-state index is 0. The summed E-state index contributed by atoms with van der Waals surface area (Å²) < 4.78 is 41.5. The van der Waals surface area contributed by atoms with Crippen LogP contribution in [0.25, 0.3) is 11.4 Å². The van der Waals surface area contributed by atoms with Crippen molar-refractivity contribution in [2.45, 2.75) is 19.1 Å². The molecule has 2 aromatic rings. The molecule has 0 bridgehead atoms. The summed E-state index contributed by atoms with van der Waals surface area (Å²) in [5.41, 5.74) is 0.816. The van der Waals surface area contributed by atoms with E-state index in [-0.39, 0.29) is 43.0 Å². The highest BCUT2D eigenvalue weighted by Gasteiger charge is 2.26. The number of benzene rings is 1. The first-order valence-electron chi connectivity index (χ1n) is 7.48. The fourth-order valence-corrected chi connectivity index (χ4v) is 1.95. The number of methoxy groups -OCH3 is 1. The lowest BCUT2D eigenvalue weighted by molar-refractivity contribution is -0.132. The van der Waals surface area contributed by atoms with Crippen molar-refractivity contribution in [2.24, 2.45) is 4.99 Å². The normalized spacial score (nSPS) is 11.7. The number of hydrogen-bond acceptors (Lipinski definition) is 4. The predicted octanol–water partition coefficient (Wildman–Crippen LogP) is 2.72. The average Bonchev–Trinajstić information content (AvgIpc) is 3.06. The largest absolute Gasteiger partial charge is 0.497 e. The Morgan fingerprint density at radius 2 is 1.92 bits per heavy atom. The first kappa shape index (κ1) is 22.0. The van der Waals surface area contributed by atoms with E-state index in [1.807, 2.05) is 12.1 Å². The summed E-state index contributed by atoms with van der Waals surface area (Å²) >= 11 is 0. The SMILES string of the molecule is CN=C(NCCC(F)(F)F)NCc1nc(-c2ccc(OC)cc2)n[nH]1.I. The molecule has 0 radical (unpaired) electrons. The molecule has 0 aliphatic rings. The van der Waals surface area contributed by atoms with Crippen molar-refractivity contribution in [3.05, 3.63) is 30.1 Å². The maximum atomic E-state index is 12.1. The van der Waals surface area contributed by atoms with Gasteiger partial charge in [-0.3, -0.25) is 10.1 Å². The van der Waals surface area contributed by atoms with Crippen LogP contribution in [0.15, 0.2) is 29.3 Å². The van der Waals surface area contributed by atoms with Gasteiger partial charge in [0, 0.05) is 19.2 Å². The van der Waals surface area contributed by atoms with E-state index in [0.717, 1.165) is 11.3 Å². The third-order valence-electron chi connectivity index (χ3n) is 3.23. The van der Waals surface area contributed by atoms with Gasteiger partial charge in [-0.1, -0.05) is 0 Å². The smallest absolute Gasteiger partial charge is 0.390 e. The monoisotopic (exact) mass is 484 g/mol. The molecule has 0 saturated heterocycles. The molecule has 0 saturated carbocycles. The highest BCUT2D eigenvalue weighted by atomic mass is 127. The lowest BCUT2D eigenvalue weighted by Gasteiger charge is -2.11. The van der Waals surface area contributed by atoms with Crippen molar-refractivity contribution in [1.82, 2.24) is 25.8 Å².